The molecule has 0 atom stereocenters. The molecule has 0 aliphatic rings. The van der Waals surface area contributed by atoms with E-state index < -0.39 is 11.9 Å². The van der Waals surface area contributed by atoms with E-state index in [1.54, 1.807) is 60.7 Å². The largest absolute Gasteiger partial charge is 0.507 e. The van der Waals surface area contributed by atoms with Gasteiger partial charge in [0.25, 0.3) is 5.91 Å². The Kier molecular flexibility index (Phi) is 6.04. The minimum Gasteiger partial charge on any atom is -0.507 e. The molecule has 0 bridgehead atoms. The quantitative estimate of drug-likeness (QED) is 0.296. The average Bonchev–Trinajstić information content (AvgIpc) is 2.70. The summed E-state index contributed by atoms with van der Waals surface area (Å²) in [5.74, 6) is -0.859. The molecule has 1 amide bonds. The van der Waals surface area contributed by atoms with E-state index in [1.165, 1.54) is 18.3 Å². The van der Waals surface area contributed by atoms with Gasteiger partial charge in [0, 0.05) is 0 Å². The van der Waals surface area contributed by atoms with Gasteiger partial charge in [-0.3, -0.25) is 4.79 Å². The molecule has 0 aromatic heterocycles. The summed E-state index contributed by atoms with van der Waals surface area (Å²) in [6.45, 7) is 0. The van der Waals surface area contributed by atoms with Crippen LogP contribution >= 0.6 is 11.6 Å². The highest BCUT2D eigenvalue weighted by Crippen LogP contribution is 2.19. The second kappa shape index (κ2) is 8.83. The van der Waals surface area contributed by atoms with E-state index in [-0.39, 0.29) is 16.9 Å². The molecular formula is C21H15ClN2O4. The molecule has 0 fully saturated rings. The lowest BCUT2D eigenvalue weighted by Crippen LogP contribution is -2.17. The molecule has 0 aliphatic heterocycles. The summed E-state index contributed by atoms with van der Waals surface area (Å²) < 4.78 is 5.28. The minimum atomic E-state index is -0.554. The van der Waals surface area contributed by atoms with E-state index in [4.69, 9.17) is 16.3 Å². The molecule has 6 nitrogen and oxygen atoms in total. The number of hydrogen-bond acceptors (Lipinski definition) is 5. The summed E-state index contributed by atoms with van der Waals surface area (Å²) in [7, 11) is 0. The van der Waals surface area contributed by atoms with Crippen molar-refractivity contribution >= 4 is 29.7 Å². The van der Waals surface area contributed by atoms with Crippen LogP contribution in [0.4, 0.5) is 0 Å². The van der Waals surface area contributed by atoms with E-state index in [9.17, 15) is 14.7 Å². The van der Waals surface area contributed by atoms with Gasteiger partial charge in [-0.15, -0.1) is 0 Å². The van der Waals surface area contributed by atoms with Crippen LogP contribution in [-0.2, 0) is 0 Å². The van der Waals surface area contributed by atoms with Crippen LogP contribution in [0.25, 0.3) is 0 Å². The molecule has 28 heavy (non-hydrogen) atoms. The van der Waals surface area contributed by atoms with Gasteiger partial charge in [-0.1, -0.05) is 35.9 Å². The van der Waals surface area contributed by atoms with Crippen LogP contribution < -0.4 is 10.2 Å². The van der Waals surface area contributed by atoms with Crippen molar-refractivity contribution in [3.63, 3.8) is 0 Å². The third-order valence-corrected chi connectivity index (χ3v) is 4.04. The number of carbonyl (C=O) groups is 2. The number of hydrogen-bond donors (Lipinski definition) is 2. The van der Waals surface area contributed by atoms with Crippen molar-refractivity contribution in [1.82, 2.24) is 5.43 Å². The number of halogens is 1. The highest BCUT2D eigenvalue weighted by atomic mass is 35.5. The number of ether oxygens (including phenoxy) is 1. The molecule has 7 heteroatoms. The van der Waals surface area contributed by atoms with Crippen molar-refractivity contribution in [3.8, 4) is 11.5 Å². The summed E-state index contributed by atoms with van der Waals surface area (Å²) in [4.78, 5) is 24.1. The first-order chi connectivity index (χ1) is 13.5. The van der Waals surface area contributed by atoms with Crippen molar-refractivity contribution < 1.29 is 19.4 Å². The zero-order chi connectivity index (χ0) is 19.9. The lowest BCUT2D eigenvalue weighted by Gasteiger charge is -2.06. The van der Waals surface area contributed by atoms with Gasteiger partial charge < -0.3 is 9.84 Å². The Labute approximate surface area is 166 Å². The first-order valence-electron chi connectivity index (χ1n) is 8.23. The summed E-state index contributed by atoms with van der Waals surface area (Å²) >= 11 is 5.98. The predicted molar refractivity (Wildman–Crippen MR) is 106 cm³/mol. The number of rotatable bonds is 5. The molecular weight excluding hydrogens is 380 g/mol. The molecule has 0 heterocycles. The summed E-state index contributed by atoms with van der Waals surface area (Å²) in [6, 6.07) is 19.3. The summed E-state index contributed by atoms with van der Waals surface area (Å²) in [5, 5.41) is 13.8. The molecule has 3 rings (SSSR count). The Balaban J connectivity index is 1.59. The number of phenolic OH excluding ortho intramolecular Hbond substituents is 1. The molecule has 3 aromatic carbocycles. The number of nitrogens with one attached hydrogen (secondary N) is 1. The van der Waals surface area contributed by atoms with Gasteiger partial charge in [0.15, 0.2) is 0 Å². The highest BCUT2D eigenvalue weighted by Gasteiger charge is 2.12. The average molecular weight is 395 g/mol. The van der Waals surface area contributed by atoms with E-state index in [0.717, 1.165) is 0 Å². The second-order valence-corrected chi connectivity index (χ2v) is 6.06. The first-order valence-corrected chi connectivity index (χ1v) is 8.60. The molecule has 3 aromatic rings. The number of nitrogens with zero attached hydrogens (tertiary/aromatic N) is 1. The Morgan fingerprint density at radius 2 is 1.57 bits per heavy atom. The van der Waals surface area contributed by atoms with E-state index in [2.05, 4.69) is 10.5 Å². The number of hydrazone groups is 1. The molecule has 2 N–H and O–H groups in total. The van der Waals surface area contributed by atoms with Crippen LogP contribution in [0.3, 0.4) is 0 Å². The maximum atomic E-state index is 12.1. The van der Waals surface area contributed by atoms with Crippen LogP contribution in [0.2, 0.25) is 5.02 Å². The van der Waals surface area contributed by atoms with Crippen molar-refractivity contribution in [3.05, 3.63) is 94.5 Å². The number of esters is 1. The zero-order valence-corrected chi connectivity index (χ0v) is 15.3. The van der Waals surface area contributed by atoms with Gasteiger partial charge in [0.05, 0.1) is 22.4 Å². The van der Waals surface area contributed by atoms with E-state index in [1.807, 2.05) is 0 Å². The van der Waals surface area contributed by atoms with Crippen LogP contribution in [0.1, 0.15) is 26.3 Å². The molecule has 0 saturated carbocycles. The van der Waals surface area contributed by atoms with Crippen LogP contribution in [-0.4, -0.2) is 23.2 Å². The van der Waals surface area contributed by atoms with Gasteiger partial charge in [-0.2, -0.15) is 5.10 Å². The number of amides is 1. The number of aromatic hydroxyl groups is 1. The maximum Gasteiger partial charge on any atom is 0.345 e. The normalized spacial score (nSPS) is 10.6. The van der Waals surface area contributed by atoms with Gasteiger partial charge in [-0.05, 0) is 54.1 Å². The van der Waals surface area contributed by atoms with E-state index in [0.29, 0.717) is 16.3 Å². The summed E-state index contributed by atoms with van der Waals surface area (Å²) in [6.07, 6.45) is 1.43. The maximum absolute atomic E-state index is 12.1. The Hall–Kier alpha value is -3.64. The van der Waals surface area contributed by atoms with Crippen LogP contribution in [0.5, 0.6) is 11.5 Å². The first kappa shape index (κ1) is 19.1. The fourth-order valence-corrected chi connectivity index (χ4v) is 2.51. The second-order valence-electron chi connectivity index (χ2n) is 5.65. The minimum absolute atomic E-state index is 0.125. The lowest BCUT2D eigenvalue weighted by molar-refractivity contribution is 0.0734. The Bertz CT molecular complexity index is 1030. The third-order valence-electron chi connectivity index (χ3n) is 3.71. The van der Waals surface area contributed by atoms with Crippen molar-refractivity contribution in [2.75, 3.05) is 0 Å². The SMILES string of the molecule is O=C(N/N=C/c1ccc(OC(=O)c2ccccc2Cl)cc1)c1ccccc1O. The third kappa shape index (κ3) is 4.75. The number of para-hydroxylation sites is 1. The number of carbonyl (C=O) groups excluding carboxylic acids is 2. The standard InChI is InChI=1S/C21H15ClN2O4/c22-18-7-3-1-5-16(18)21(27)28-15-11-9-14(10-12-15)13-23-24-20(26)17-6-2-4-8-19(17)25/h1-13,25H,(H,24,26)/b23-13+. The molecule has 0 spiro atoms. The lowest BCUT2D eigenvalue weighted by atomic mass is 10.2. The number of benzene rings is 3. The van der Waals surface area contributed by atoms with Crippen LogP contribution in [0, 0.1) is 0 Å². The molecule has 0 radical (unpaired) electrons. The fourth-order valence-electron chi connectivity index (χ4n) is 2.30. The van der Waals surface area contributed by atoms with E-state index >= 15 is 0 Å². The van der Waals surface area contributed by atoms with Crippen LogP contribution in [0.15, 0.2) is 77.9 Å². The van der Waals surface area contributed by atoms with Crippen molar-refractivity contribution in [1.29, 1.82) is 0 Å². The van der Waals surface area contributed by atoms with Gasteiger partial charge >= 0.3 is 5.97 Å². The molecule has 0 saturated heterocycles. The highest BCUT2D eigenvalue weighted by molar-refractivity contribution is 6.33. The van der Waals surface area contributed by atoms with Crippen molar-refractivity contribution in [2.45, 2.75) is 0 Å². The van der Waals surface area contributed by atoms with Gasteiger partial charge in [0.1, 0.15) is 11.5 Å². The zero-order valence-electron chi connectivity index (χ0n) is 14.5. The Morgan fingerprint density at radius 3 is 2.25 bits per heavy atom. The topological polar surface area (TPSA) is 88.0 Å². The summed E-state index contributed by atoms with van der Waals surface area (Å²) in [5.41, 5.74) is 3.42. The number of phenols is 1. The van der Waals surface area contributed by atoms with Gasteiger partial charge in [-0.25, -0.2) is 10.2 Å². The molecule has 0 unspecified atom stereocenters. The predicted octanol–water partition coefficient (Wildman–Crippen LogP) is 4.03. The fraction of sp³-hybridized carbons (Fsp3) is 0. The van der Waals surface area contributed by atoms with Crippen molar-refractivity contribution in [2.24, 2.45) is 5.10 Å². The molecule has 140 valence electrons. The van der Waals surface area contributed by atoms with Gasteiger partial charge in [0.2, 0.25) is 0 Å². The Morgan fingerprint density at radius 1 is 0.929 bits per heavy atom. The molecule has 0 aliphatic carbocycles. The monoisotopic (exact) mass is 394 g/mol. The smallest absolute Gasteiger partial charge is 0.345 e.